The quantitative estimate of drug-likeness (QED) is 0.204. The lowest BCUT2D eigenvalue weighted by atomic mass is 10.2. The second kappa shape index (κ2) is 5.14. The summed E-state index contributed by atoms with van der Waals surface area (Å²) in [5.74, 6) is 1.06. The summed E-state index contributed by atoms with van der Waals surface area (Å²) in [6.45, 7) is 3.15. The van der Waals surface area contributed by atoms with Gasteiger partial charge >= 0.3 is 5.97 Å². The van der Waals surface area contributed by atoms with E-state index in [0.717, 1.165) is 6.08 Å². The standard InChI is InChI=1S/C9H10O3/c1-4-6-8(7(3)10)9(11)12-5-2/h1,6H,5H2,2-3H3. The summed E-state index contributed by atoms with van der Waals surface area (Å²) in [5, 5.41) is 0. The fraction of sp³-hybridized carbons (Fsp3) is 0.333. The fourth-order valence-corrected chi connectivity index (χ4v) is 0.596. The first-order chi connectivity index (χ1) is 5.63. The van der Waals surface area contributed by atoms with Crippen molar-refractivity contribution in [3.63, 3.8) is 0 Å². The van der Waals surface area contributed by atoms with E-state index in [1.54, 1.807) is 6.92 Å². The maximum absolute atomic E-state index is 11.0. The van der Waals surface area contributed by atoms with Crippen LogP contribution >= 0.6 is 0 Å². The van der Waals surface area contributed by atoms with Gasteiger partial charge in [-0.25, -0.2) is 4.79 Å². The van der Waals surface area contributed by atoms with Crippen LogP contribution < -0.4 is 0 Å². The van der Waals surface area contributed by atoms with E-state index in [2.05, 4.69) is 10.7 Å². The summed E-state index contributed by atoms with van der Waals surface area (Å²) in [5.41, 5.74) is -0.0839. The van der Waals surface area contributed by atoms with Crippen LogP contribution in [-0.2, 0) is 14.3 Å². The normalized spacial score (nSPS) is 10.2. The Balaban J connectivity index is 4.56. The van der Waals surface area contributed by atoms with E-state index in [1.807, 2.05) is 0 Å². The van der Waals surface area contributed by atoms with Gasteiger partial charge in [0.25, 0.3) is 0 Å². The molecule has 0 fully saturated rings. The Morgan fingerprint density at radius 2 is 2.17 bits per heavy atom. The Bertz CT molecular complexity index is 255. The summed E-state index contributed by atoms with van der Waals surface area (Å²) < 4.78 is 4.59. The molecule has 64 valence electrons. The average molecular weight is 166 g/mol. The van der Waals surface area contributed by atoms with Crippen molar-refractivity contribution in [2.24, 2.45) is 0 Å². The van der Waals surface area contributed by atoms with Crippen molar-refractivity contribution in [1.82, 2.24) is 0 Å². The van der Waals surface area contributed by atoms with Gasteiger partial charge in [0.15, 0.2) is 5.78 Å². The van der Waals surface area contributed by atoms with Crippen molar-refractivity contribution in [3.8, 4) is 12.3 Å². The first-order valence-corrected chi connectivity index (χ1v) is 3.47. The van der Waals surface area contributed by atoms with Crippen LogP contribution in [0.15, 0.2) is 11.6 Å². The number of ether oxygens (including phenoxy) is 1. The van der Waals surface area contributed by atoms with Crippen LogP contribution in [0.1, 0.15) is 13.8 Å². The van der Waals surface area contributed by atoms with Gasteiger partial charge in [-0.05, 0) is 13.8 Å². The van der Waals surface area contributed by atoms with Gasteiger partial charge in [0.1, 0.15) is 5.57 Å². The first kappa shape index (κ1) is 10.4. The predicted molar refractivity (Wildman–Crippen MR) is 44.2 cm³/mol. The molecule has 3 nitrogen and oxygen atoms in total. The van der Waals surface area contributed by atoms with Gasteiger partial charge in [0.2, 0.25) is 0 Å². The van der Waals surface area contributed by atoms with E-state index in [0.29, 0.717) is 0 Å². The molecule has 0 atom stereocenters. The SMILES string of the molecule is C#CC=C(C(C)=O)C(=O)OCC. The average Bonchev–Trinajstić information content (AvgIpc) is 1.99. The number of rotatable bonds is 3. The highest BCUT2D eigenvalue weighted by Crippen LogP contribution is 1.98. The van der Waals surface area contributed by atoms with E-state index in [1.165, 1.54) is 6.92 Å². The highest BCUT2D eigenvalue weighted by Gasteiger charge is 2.13. The molecule has 0 aromatic rings. The lowest BCUT2D eigenvalue weighted by Crippen LogP contribution is -2.13. The monoisotopic (exact) mass is 166 g/mol. The Kier molecular flexibility index (Phi) is 4.47. The van der Waals surface area contributed by atoms with Crippen molar-refractivity contribution in [1.29, 1.82) is 0 Å². The Morgan fingerprint density at radius 3 is 2.50 bits per heavy atom. The molecule has 0 rings (SSSR count). The molecular formula is C9H10O3. The zero-order valence-corrected chi connectivity index (χ0v) is 7.09. The largest absolute Gasteiger partial charge is 0.462 e. The molecule has 3 heteroatoms. The summed E-state index contributed by atoms with van der Waals surface area (Å²) >= 11 is 0. The molecule has 0 saturated heterocycles. The van der Waals surface area contributed by atoms with Crippen molar-refractivity contribution >= 4 is 11.8 Å². The van der Waals surface area contributed by atoms with Crippen molar-refractivity contribution in [2.75, 3.05) is 6.61 Å². The minimum absolute atomic E-state index is 0.0839. The molecular weight excluding hydrogens is 156 g/mol. The van der Waals surface area contributed by atoms with Gasteiger partial charge in [-0.2, -0.15) is 0 Å². The molecule has 0 radical (unpaired) electrons. The summed E-state index contributed by atoms with van der Waals surface area (Å²) in [7, 11) is 0. The van der Waals surface area contributed by atoms with Gasteiger partial charge in [-0.15, -0.1) is 6.42 Å². The number of terminal acetylenes is 1. The third-order valence-electron chi connectivity index (χ3n) is 1.10. The molecule has 0 amide bonds. The van der Waals surface area contributed by atoms with Gasteiger partial charge in [0, 0.05) is 6.08 Å². The molecule has 0 unspecified atom stereocenters. The van der Waals surface area contributed by atoms with Gasteiger partial charge in [0.05, 0.1) is 6.61 Å². The molecule has 0 aliphatic carbocycles. The lowest BCUT2D eigenvalue weighted by molar-refractivity contribution is -0.139. The summed E-state index contributed by atoms with van der Waals surface area (Å²) in [6, 6.07) is 0. The molecule has 12 heavy (non-hydrogen) atoms. The van der Waals surface area contributed by atoms with Crippen LogP contribution in [0.4, 0.5) is 0 Å². The minimum Gasteiger partial charge on any atom is -0.462 e. The molecule has 0 aromatic heterocycles. The zero-order valence-electron chi connectivity index (χ0n) is 7.09. The topological polar surface area (TPSA) is 43.4 Å². The number of Topliss-reactive ketones (excluding diaryl/α,β-unsaturated/α-hetero) is 1. The van der Waals surface area contributed by atoms with Crippen LogP contribution in [0.25, 0.3) is 0 Å². The molecule has 0 heterocycles. The summed E-state index contributed by atoms with van der Waals surface area (Å²) in [4.78, 5) is 21.8. The number of hydrogen-bond donors (Lipinski definition) is 0. The third kappa shape index (κ3) is 3.02. The number of allylic oxidation sites excluding steroid dienone is 1. The smallest absolute Gasteiger partial charge is 0.342 e. The van der Waals surface area contributed by atoms with E-state index in [9.17, 15) is 9.59 Å². The molecule has 0 bridgehead atoms. The van der Waals surface area contributed by atoms with E-state index >= 15 is 0 Å². The second-order valence-electron chi connectivity index (χ2n) is 2.00. The van der Waals surface area contributed by atoms with E-state index < -0.39 is 5.97 Å². The lowest BCUT2D eigenvalue weighted by Gasteiger charge is -2.00. The first-order valence-electron chi connectivity index (χ1n) is 3.47. The predicted octanol–water partition coefficient (Wildman–Crippen LogP) is 0.698. The Hall–Kier alpha value is -1.56. The van der Waals surface area contributed by atoms with Gasteiger partial charge < -0.3 is 4.74 Å². The van der Waals surface area contributed by atoms with Gasteiger partial charge in [-0.1, -0.05) is 5.92 Å². The third-order valence-corrected chi connectivity index (χ3v) is 1.10. The van der Waals surface area contributed by atoms with Crippen LogP contribution in [0, 0.1) is 12.3 Å². The minimum atomic E-state index is -0.664. The zero-order chi connectivity index (χ0) is 9.56. The van der Waals surface area contributed by atoms with E-state index in [4.69, 9.17) is 6.42 Å². The van der Waals surface area contributed by atoms with Crippen molar-refractivity contribution in [2.45, 2.75) is 13.8 Å². The molecule has 0 aliphatic heterocycles. The molecule has 0 spiro atoms. The number of hydrogen-bond acceptors (Lipinski definition) is 3. The highest BCUT2D eigenvalue weighted by molar-refractivity contribution is 6.16. The second-order valence-corrected chi connectivity index (χ2v) is 2.00. The number of esters is 1. The number of carbonyl (C=O) groups excluding carboxylic acids is 2. The summed E-state index contributed by atoms with van der Waals surface area (Å²) in [6.07, 6.45) is 6.03. The van der Waals surface area contributed by atoms with Gasteiger partial charge in [-0.3, -0.25) is 4.79 Å². The number of ketones is 1. The Morgan fingerprint density at radius 1 is 1.58 bits per heavy atom. The van der Waals surface area contributed by atoms with Crippen LogP contribution in [0.3, 0.4) is 0 Å². The highest BCUT2D eigenvalue weighted by atomic mass is 16.5. The van der Waals surface area contributed by atoms with Crippen LogP contribution in [0.2, 0.25) is 0 Å². The fourth-order valence-electron chi connectivity index (χ4n) is 0.596. The maximum Gasteiger partial charge on any atom is 0.342 e. The molecule has 0 N–H and O–H groups in total. The van der Waals surface area contributed by atoms with E-state index in [-0.39, 0.29) is 18.0 Å². The molecule has 0 aromatic carbocycles. The molecule has 0 aliphatic rings. The van der Waals surface area contributed by atoms with Crippen molar-refractivity contribution in [3.05, 3.63) is 11.6 Å². The van der Waals surface area contributed by atoms with Crippen LogP contribution in [0.5, 0.6) is 0 Å². The number of carbonyl (C=O) groups is 2. The van der Waals surface area contributed by atoms with Crippen molar-refractivity contribution < 1.29 is 14.3 Å². The maximum atomic E-state index is 11.0. The Labute approximate surface area is 71.4 Å². The van der Waals surface area contributed by atoms with Crippen LogP contribution in [-0.4, -0.2) is 18.4 Å². The molecule has 0 saturated carbocycles.